The van der Waals surface area contributed by atoms with E-state index in [0.29, 0.717) is 12.2 Å². The number of carbonyl (C=O) groups is 2. The van der Waals surface area contributed by atoms with Gasteiger partial charge in [0.05, 0.1) is 6.54 Å². The Balaban J connectivity index is 0.000000730. The molecule has 0 atom stereocenters. The van der Waals surface area contributed by atoms with Gasteiger partial charge in [-0.2, -0.15) is 0 Å². The van der Waals surface area contributed by atoms with E-state index in [1.54, 1.807) is 6.08 Å². The molecule has 1 N–H and O–H groups in total. The summed E-state index contributed by atoms with van der Waals surface area (Å²) in [5.74, 6) is -0.361. The van der Waals surface area contributed by atoms with Gasteiger partial charge in [-0.05, 0) is 17.2 Å². The molecule has 3 rings (SSSR count). The number of carbonyl (C=O) groups excluding carboxylic acids is 2. The highest BCUT2D eigenvalue weighted by molar-refractivity contribution is 6.13. The van der Waals surface area contributed by atoms with Crippen LogP contribution in [0.15, 0.2) is 66.4 Å². The van der Waals surface area contributed by atoms with E-state index in [1.807, 2.05) is 88.4 Å². The first-order valence-electron chi connectivity index (χ1n) is 8.67. The number of urea groups is 1. The molecule has 2 aromatic rings. The molecule has 2 aromatic carbocycles. The van der Waals surface area contributed by atoms with Crippen LogP contribution in [0.5, 0.6) is 0 Å². The minimum absolute atomic E-state index is 0.361. The Labute approximate surface area is 150 Å². The molecule has 0 aromatic heterocycles. The van der Waals surface area contributed by atoms with Crippen LogP contribution in [0.25, 0.3) is 6.08 Å². The molecule has 1 saturated heterocycles. The molecule has 1 heterocycles. The summed E-state index contributed by atoms with van der Waals surface area (Å²) in [7, 11) is 0. The molecule has 4 heteroatoms. The fourth-order valence-corrected chi connectivity index (χ4v) is 2.23. The van der Waals surface area contributed by atoms with E-state index in [4.69, 9.17) is 0 Å². The number of imide groups is 1. The van der Waals surface area contributed by atoms with E-state index < -0.39 is 0 Å². The summed E-state index contributed by atoms with van der Waals surface area (Å²) in [6.07, 6.45) is 1.73. The summed E-state index contributed by atoms with van der Waals surface area (Å²) in [5.41, 5.74) is 2.23. The van der Waals surface area contributed by atoms with Gasteiger partial charge in [0, 0.05) is 0 Å². The zero-order chi connectivity index (χ0) is 18.7. The molecule has 0 aliphatic carbocycles. The molecule has 0 unspecified atom stereocenters. The summed E-state index contributed by atoms with van der Waals surface area (Å²) in [6, 6.07) is 18.7. The van der Waals surface area contributed by atoms with Gasteiger partial charge >= 0.3 is 6.03 Å². The summed E-state index contributed by atoms with van der Waals surface area (Å²) < 4.78 is 0. The lowest BCUT2D eigenvalue weighted by atomic mass is 10.1. The van der Waals surface area contributed by atoms with Crippen LogP contribution in [0, 0.1) is 0 Å². The smallest absolute Gasteiger partial charge is 0.284 e. The molecule has 132 valence electrons. The summed E-state index contributed by atoms with van der Waals surface area (Å²) in [4.78, 5) is 25.4. The van der Waals surface area contributed by atoms with Crippen molar-refractivity contribution < 1.29 is 9.59 Å². The number of hydrogen-bond donors (Lipinski definition) is 1. The first-order valence-corrected chi connectivity index (χ1v) is 8.67. The fraction of sp³-hybridized carbons (Fsp3) is 0.238. The topological polar surface area (TPSA) is 49.4 Å². The maximum atomic E-state index is 11.9. The quantitative estimate of drug-likeness (QED) is 0.643. The Hall–Kier alpha value is -2.88. The third-order valence-corrected chi connectivity index (χ3v) is 3.28. The van der Waals surface area contributed by atoms with E-state index in [9.17, 15) is 9.59 Å². The minimum atomic E-state index is -0.383. The molecular weight excluding hydrogens is 312 g/mol. The Bertz CT molecular complexity index is 694. The lowest BCUT2D eigenvalue weighted by Crippen LogP contribution is -2.27. The van der Waals surface area contributed by atoms with Crippen LogP contribution in [-0.4, -0.2) is 16.8 Å². The highest BCUT2D eigenvalue weighted by Crippen LogP contribution is 2.19. The lowest BCUT2D eigenvalue weighted by Gasteiger charge is -2.15. The summed E-state index contributed by atoms with van der Waals surface area (Å²) in [5, 5.41) is 2.34. The number of hydrogen-bond acceptors (Lipinski definition) is 2. The molecular formula is C21H26N2O2. The first-order chi connectivity index (χ1) is 12.2. The molecule has 0 saturated carbocycles. The first kappa shape index (κ1) is 20.2. The second-order valence-electron chi connectivity index (χ2n) is 4.77. The van der Waals surface area contributed by atoms with E-state index in [2.05, 4.69) is 5.32 Å². The average molecular weight is 338 g/mol. The van der Waals surface area contributed by atoms with Crippen molar-refractivity contribution in [2.75, 3.05) is 0 Å². The maximum absolute atomic E-state index is 11.9. The lowest BCUT2D eigenvalue weighted by molar-refractivity contribution is -0.116. The molecule has 25 heavy (non-hydrogen) atoms. The Morgan fingerprint density at radius 3 is 1.92 bits per heavy atom. The van der Waals surface area contributed by atoms with Gasteiger partial charge in [0.2, 0.25) is 0 Å². The monoisotopic (exact) mass is 338 g/mol. The standard InChI is InChI=1S/C17H14N2O2.2C2H6/c20-16-15(11-13-7-3-1-4-8-13)19(17(21)18-16)12-14-9-5-2-6-10-14;2*1-2/h1-11H,12H2,(H,18,20,21);2*1-2H3/b15-11-;;. The van der Waals surface area contributed by atoms with Crippen molar-refractivity contribution in [3.05, 3.63) is 77.5 Å². The SMILES string of the molecule is CC.CC.O=C1NC(=O)N(Cc2ccccc2)/C1=C\c1ccccc1. The predicted molar refractivity (Wildman–Crippen MR) is 103 cm³/mol. The molecule has 1 fully saturated rings. The molecule has 0 radical (unpaired) electrons. The molecule has 0 bridgehead atoms. The van der Waals surface area contributed by atoms with Gasteiger partial charge in [0.25, 0.3) is 5.91 Å². The van der Waals surface area contributed by atoms with Crippen molar-refractivity contribution in [2.24, 2.45) is 0 Å². The molecule has 4 nitrogen and oxygen atoms in total. The second kappa shape index (κ2) is 10.8. The van der Waals surface area contributed by atoms with Crippen LogP contribution in [0.1, 0.15) is 38.8 Å². The number of benzene rings is 2. The minimum Gasteiger partial charge on any atom is -0.284 e. The van der Waals surface area contributed by atoms with E-state index >= 15 is 0 Å². The van der Waals surface area contributed by atoms with Gasteiger partial charge in [-0.3, -0.25) is 15.0 Å². The third-order valence-electron chi connectivity index (χ3n) is 3.28. The van der Waals surface area contributed by atoms with Gasteiger partial charge in [-0.15, -0.1) is 0 Å². The van der Waals surface area contributed by atoms with Crippen LogP contribution < -0.4 is 5.32 Å². The van der Waals surface area contributed by atoms with E-state index in [-0.39, 0.29) is 11.9 Å². The van der Waals surface area contributed by atoms with Crippen molar-refractivity contribution in [3.63, 3.8) is 0 Å². The zero-order valence-electron chi connectivity index (χ0n) is 15.3. The summed E-state index contributed by atoms with van der Waals surface area (Å²) >= 11 is 0. The molecule has 3 amide bonds. The van der Waals surface area contributed by atoms with Crippen molar-refractivity contribution in [3.8, 4) is 0 Å². The van der Waals surface area contributed by atoms with Crippen molar-refractivity contribution in [1.29, 1.82) is 0 Å². The number of nitrogens with zero attached hydrogens (tertiary/aromatic N) is 1. The molecule has 1 aliphatic rings. The van der Waals surface area contributed by atoms with E-state index in [0.717, 1.165) is 11.1 Å². The van der Waals surface area contributed by atoms with Crippen LogP contribution in [0.4, 0.5) is 4.79 Å². The van der Waals surface area contributed by atoms with Gasteiger partial charge in [-0.1, -0.05) is 88.4 Å². The highest BCUT2D eigenvalue weighted by atomic mass is 16.2. The van der Waals surface area contributed by atoms with Crippen LogP contribution in [-0.2, 0) is 11.3 Å². The average Bonchev–Trinajstić information content (AvgIpc) is 2.94. The largest absolute Gasteiger partial charge is 0.329 e. The van der Waals surface area contributed by atoms with E-state index in [1.165, 1.54) is 4.90 Å². The Morgan fingerprint density at radius 1 is 0.840 bits per heavy atom. The Morgan fingerprint density at radius 2 is 1.36 bits per heavy atom. The predicted octanol–water partition coefficient (Wildman–Crippen LogP) is 4.83. The van der Waals surface area contributed by atoms with Gasteiger partial charge in [0.15, 0.2) is 0 Å². The third kappa shape index (κ3) is 5.60. The molecule has 1 aliphatic heterocycles. The highest BCUT2D eigenvalue weighted by Gasteiger charge is 2.32. The number of rotatable bonds is 3. The van der Waals surface area contributed by atoms with Gasteiger partial charge < -0.3 is 0 Å². The maximum Gasteiger partial charge on any atom is 0.329 e. The Kier molecular flexibility index (Phi) is 8.72. The van der Waals surface area contributed by atoms with Crippen LogP contribution >= 0.6 is 0 Å². The molecule has 0 spiro atoms. The van der Waals surface area contributed by atoms with Crippen molar-refractivity contribution in [1.82, 2.24) is 10.2 Å². The zero-order valence-corrected chi connectivity index (χ0v) is 15.3. The van der Waals surface area contributed by atoms with Gasteiger partial charge in [0.1, 0.15) is 5.70 Å². The van der Waals surface area contributed by atoms with Crippen molar-refractivity contribution >= 4 is 18.0 Å². The normalized spacial score (nSPS) is 14.2. The van der Waals surface area contributed by atoms with Crippen LogP contribution in [0.3, 0.4) is 0 Å². The number of amides is 3. The van der Waals surface area contributed by atoms with Gasteiger partial charge in [-0.25, -0.2) is 4.79 Å². The fourth-order valence-electron chi connectivity index (χ4n) is 2.23. The van der Waals surface area contributed by atoms with Crippen LogP contribution in [0.2, 0.25) is 0 Å². The second-order valence-corrected chi connectivity index (χ2v) is 4.77. The van der Waals surface area contributed by atoms with Crippen molar-refractivity contribution in [2.45, 2.75) is 34.2 Å². The number of nitrogens with one attached hydrogen (secondary N) is 1. The summed E-state index contributed by atoms with van der Waals surface area (Å²) in [6.45, 7) is 8.37.